The van der Waals surface area contributed by atoms with Gasteiger partial charge in [0.15, 0.2) is 11.5 Å². The van der Waals surface area contributed by atoms with E-state index in [9.17, 15) is 4.79 Å². The van der Waals surface area contributed by atoms with Crippen LogP contribution in [0.15, 0.2) is 60.8 Å². The maximum absolute atomic E-state index is 13.1. The first-order chi connectivity index (χ1) is 17.4. The lowest BCUT2D eigenvalue weighted by atomic mass is 9.87. The lowest BCUT2D eigenvalue weighted by Gasteiger charge is -2.18. The molecule has 1 amide bonds. The molecule has 0 spiro atoms. The lowest BCUT2D eigenvalue weighted by molar-refractivity contribution is -0.121. The minimum Gasteiger partial charge on any atom is -0.493 e. The van der Waals surface area contributed by atoms with E-state index in [2.05, 4.69) is 35.4 Å². The molecule has 0 saturated heterocycles. The van der Waals surface area contributed by atoms with Crippen LogP contribution in [0.5, 0.6) is 11.5 Å². The van der Waals surface area contributed by atoms with Crippen molar-refractivity contribution < 1.29 is 14.3 Å². The minimum absolute atomic E-state index is 0.0347. The number of ether oxygens (including phenoxy) is 2. The second kappa shape index (κ2) is 11.7. The third-order valence-electron chi connectivity index (χ3n) is 6.51. The fourth-order valence-electron chi connectivity index (χ4n) is 4.60. The molecule has 0 saturated carbocycles. The monoisotopic (exact) mass is 524 g/mol. The van der Waals surface area contributed by atoms with Gasteiger partial charge < -0.3 is 19.8 Å². The number of carbonyl (C=O) groups excluding carboxylic acids is 1. The summed E-state index contributed by atoms with van der Waals surface area (Å²) < 4.78 is 10.7. The maximum Gasteiger partial charge on any atom is 0.220 e. The molecule has 0 unspecified atom stereocenters. The summed E-state index contributed by atoms with van der Waals surface area (Å²) in [5.74, 6) is 1.14. The van der Waals surface area contributed by atoms with Crippen LogP contribution in [0.25, 0.3) is 10.9 Å². The van der Waals surface area contributed by atoms with Gasteiger partial charge in [-0.15, -0.1) is 0 Å². The van der Waals surface area contributed by atoms with Crippen molar-refractivity contribution in [2.75, 3.05) is 20.8 Å². The Balaban J connectivity index is 1.54. The standard InChI is InChI=1S/C29H30Cl2N2O3/c1-4-19-6-5-7-21-23(17-33-29(19)21)22(20-9-10-24(30)25(31)15-20)16-28(34)32-13-12-18-8-11-26(35-2)27(14-18)36-3/h5-11,14-15,17,22,33H,4,12-13,16H2,1-3H3,(H,32,34)/t22-/m0/s1. The predicted octanol–water partition coefficient (Wildman–Crippen LogP) is 6.94. The number of nitrogens with one attached hydrogen (secondary N) is 2. The molecular weight excluding hydrogens is 495 g/mol. The highest BCUT2D eigenvalue weighted by molar-refractivity contribution is 6.42. The summed E-state index contributed by atoms with van der Waals surface area (Å²) >= 11 is 12.5. The molecule has 2 N–H and O–H groups in total. The number of amides is 1. The number of benzene rings is 3. The number of halogens is 2. The molecule has 4 rings (SSSR count). The molecule has 3 aromatic carbocycles. The Hall–Kier alpha value is -3.15. The van der Waals surface area contributed by atoms with Crippen LogP contribution in [-0.4, -0.2) is 31.7 Å². The van der Waals surface area contributed by atoms with Gasteiger partial charge in [0, 0.05) is 36.0 Å². The van der Waals surface area contributed by atoms with Crippen LogP contribution in [-0.2, 0) is 17.6 Å². The molecular formula is C29H30Cl2N2O3. The van der Waals surface area contributed by atoms with Crippen molar-refractivity contribution >= 4 is 40.0 Å². The number of aromatic amines is 1. The Morgan fingerprint density at radius 1 is 1.00 bits per heavy atom. The SMILES string of the molecule is CCc1cccc2c([C@@H](CC(=O)NCCc3ccc(OC)c(OC)c3)c3ccc(Cl)c(Cl)c3)c[nH]c12. The van der Waals surface area contributed by atoms with Crippen molar-refractivity contribution in [1.82, 2.24) is 10.3 Å². The average Bonchev–Trinajstić information content (AvgIpc) is 3.33. The highest BCUT2D eigenvalue weighted by Crippen LogP contribution is 2.37. The van der Waals surface area contributed by atoms with Crippen molar-refractivity contribution in [2.45, 2.75) is 32.1 Å². The van der Waals surface area contributed by atoms with E-state index < -0.39 is 0 Å². The fraction of sp³-hybridized carbons (Fsp3) is 0.276. The Morgan fingerprint density at radius 2 is 1.81 bits per heavy atom. The summed E-state index contributed by atoms with van der Waals surface area (Å²) in [6.45, 7) is 2.65. The molecule has 1 aromatic heterocycles. The number of hydrogen-bond acceptors (Lipinski definition) is 3. The van der Waals surface area contributed by atoms with Crippen molar-refractivity contribution in [1.29, 1.82) is 0 Å². The van der Waals surface area contributed by atoms with Gasteiger partial charge in [0.25, 0.3) is 0 Å². The maximum atomic E-state index is 13.1. The number of hydrogen-bond donors (Lipinski definition) is 2. The molecule has 5 nitrogen and oxygen atoms in total. The number of H-pyrrole nitrogens is 1. The van der Waals surface area contributed by atoms with E-state index in [1.54, 1.807) is 20.3 Å². The smallest absolute Gasteiger partial charge is 0.220 e. The molecule has 188 valence electrons. The van der Waals surface area contributed by atoms with Gasteiger partial charge >= 0.3 is 0 Å². The molecule has 0 aliphatic heterocycles. The summed E-state index contributed by atoms with van der Waals surface area (Å²) in [4.78, 5) is 16.6. The van der Waals surface area contributed by atoms with E-state index in [0.717, 1.165) is 34.0 Å². The van der Waals surface area contributed by atoms with Crippen LogP contribution >= 0.6 is 23.2 Å². The number of aryl methyl sites for hydroxylation is 1. The van der Waals surface area contributed by atoms with E-state index in [1.807, 2.05) is 36.5 Å². The molecule has 0 aliphatic carbocycles. The molecule has 4 aromatic rings. The summed E-state index contributed by atoms with van der Waals surface area (Å²) in [5.41, 5.74) is 5.41. The Labute approximate surface area is 221 Å². The van der Waals surface area contributed by atoms with E-state index in [-0.39, 0.29) is 18.2 Å². The molecule has 0 bridgehead atoms. The fourth-order valence-corrected chi connectivity index (χ4v) is 4.90. The highest BCUT2D eigenvalue weighted by Gasteiger charge is 2.23. The van der Waals surface area contributed by atoms with E-state index in [1.165, 1.54) is 5.56 Å². The van der Waals surface area contributed by atoms with E-state index in [4.69, 9.17) is 32.7 Å². The van der Waals surface area contributed by atoms with Gasteiger partial charge in [0.2, 0.25) is 5.91 Å². The Kier molecular flexibility index (Phi) is 8.44. The minimum atomic E-state index is -0.179. The largest absolute Gasteiger partial charge is 0.493 e. The van der Waals surface area contributed by atoms with Gasteiger partial charge in [-0.05, 0) is 59.4 Å². The number of fused-ring (bicyclic) bond motifs is 1. The van der Waals surface area contributed by atoms with Gasteiger partial charge in [-0.3, -0.25) is 4.79 Å². The number of carbonyl (C=O) groups is 1. The molecule has 0 radical (unpaired) electrons. The van der Waals surface area contributed by atoms with Crippen LogP contribution in [0.1, 0.15) is 41.5 Å². The zero-order valence-electron chi connectivity index (χ0n) is 20.7. The Bertz CT molecular complexity index is 1370. The molecule has 0 fully saturated rings. The quantitative estimate of drug-likeness (QED) is 0.236. The summed E-state index contributed by atoms with van der Waals surface area (Å²) in [7, 11) is 3.22. The molecule has 7 heteroatoms. The van der Waals surface area contributed by atoms with Gasteiger partial charge in [0.1, 0.15) is 0 Å². The van der Waals surface area contributed by atoms with Crippen molar-refractivity contribution in [2.24, 2.45) is 0 Å². The summed E-state index contributed by atoms with van der Waals surface area (Å²) in [6, 6.07) is 17.6. The third kappa shape index (κ3) is 5.63. The number of rotatable bonds is 10. The predicted molar refractivity (Wildman–Crippen MR) is 147 cm³/mol. The van der Waals surface area contributed by atoms with E-state index >= 15 is 0 Å². The topological polar surface area (TPSA) is 63.4 Å². The zero-order chi connectivity index (χ0) is 25.7. The lowest BCUT2D eigenvalue weighted by Crippen LogP contribution is -2.27. The number of para-hydroxylation sites is 1. The normalized spacial score (nSPS) is 11.9. The molecule has 0 aliphatic rings. The molecule has 1 atom stereocenters. The van der Waals surface area contributed by atoms with Gasteiger partial charge in [-0.1, -0.05) is 60.5 Å². The second-order valence-corrected chi connectivity index (χ2v) is 9.47. The van der Waals surface area contributed by atoms with Crippen LogP contribution in [0.4, 0.5) is 0 Å². The average molecular weight is 525 g/mol. The number of methoxy groups -OCH3 is 2. The first kappa shape index (κ1) is 25.9. The third-order valence-corrected chi connectivity index (χ3v) is 7.25. The first-order valence-corrected chi connectivity index (χ1v) is 12.7. The van der Waals surface area contributed by atoms with Gasteiger partial charge in [-0.2, -0.15) is 0 Å². The summed E-state index contributed by atoms with van der Waals surface area (Å²) in [6.07, 6.45) is 3.89. The van der Waals surface area contributed by atoms with Crippen molar-refractivity contribution in [3.8, 4) is 11.5 Å². The zero-order valence-corrected chi connectivity index (χ0v) is 22.2. The van der Waals surface area contributed by atoms with Crippen molar-refractivity contribution in [3.05, 3.63) is 93.1 Å². The molecule has 36 heavy (non-hydrogen) atoms. The van der Waals surface area contributed by atoms with Gasteiger partial charge in [-0.25, -0.2) is 0 Å². The van der Waals surface area contributed by atoms with Gasteiger partial charge in [0.05, 0.1) is 24.3 Å². The van der Waals surface area contributed by atoms with Crippen LogP contribution in [0, 0.1) is 0 Å². The first-order valence-electron chi connectivity index (χ1n) is 12.0. The summed E-state index contributed by atoms with van der Waals surface area (Å²) in [5, 5.41) is 5.16. The van der Waals surface area contributed by atoms with Crippen LogP contribution in [0.3, 0.4) is 0 Å². The van der Waals surface area contributed by atoms with E-state index in [0.29, 0.717) is 34.5 Å². The Morgan fingerprint density at radius 3 is 2.53 bits per heavy atom. The van der Waals surface area contributed by atoms with Crippen LogP contribution < -0.4 is 14.8 Å². The highest BCUT2D eigenvalue weighted by atomic mass is 35.5. The molecule has 1 heterocycles. The number of aromatic nitrogens is 1. The second-order valence-electron chi connectivity index (χ2n) is 8.66. The van der Waals surface area contributed by atoms with Crippen molar-refractivity contribution in [3.63, 3.8) is 0 Å². The van der Waals surface area contributed by atoms with Crippen LogP contribution in [0.2, 0.25) is 10.0 Å².